The van der Waals surface area contributed by atoms with Crippen molar-refractivity contribution in [1.82, 2.24) is 14.8 Å². The number of benzene rings is 1. The number of hydrazine groups is 1. The molecule has 1 aromatic heterocycles. The summed E-state index contributed by atoms with van der Waals surface area (Å²) in [5.74, 6) is 0.840. The zero-order valence-corrected chi connectivity index (χ0v) is 8.48. The van der Waals surface area contributed by atoms with Gasteiger partial charge in [-0.1, -0.05) is 12.1 Å². The molecule has 0 atom stereocenters. The molecule has 2 aromatic rings. The van der Waals surface area contributed by atoms with Crippen molar-refractivity contribution in [3.05, 3.63) is 42.9 Å². The Kier molecular flexibility index (Phi) is 1.30. The molecule has 3 heterocycles. The van der Waals surface area contributed by atoms with E-state index in [1.807, 2.05) is 27.9 Å². The van der Waals surface area contributed by atoms with E-state index in [1.165, 1.54) is 5.69 Å². The van der Waals surface area contributed by atoms with Crippen LogP contribution in [0, 0.1) is 0 Å². The maximum absolute atomic E-state index is 4.14. The van der Waals surface area contributed by atoms with Gasteiger partial charge in [-0.2, -0.15) is 0 Å². The van der Waals surface area contributed by atoms with E-state index in [-0.39, 0.29) is 0 Å². The first-order valence-corrected chi connectivity index (χ1v) is 5.18. The molecule has 0 saturated carbocycles. The van der Waals surface area contributed by atoms with Gasteiger partial charge in [-0.25, -0.2) is 5.01 Å². The first-order chi connectivity index (χ1) is 7.95. The molecule has 0 N–H and O–H groups in total. The molecule has 5 nitrogen and oxygen atoms in total. The molecule has 2 aliphatic rings. The van der Waals surface area contributed by atoms with E-state index in [9.17, 15) is 0 Å². The number of para-hydroxylation sites is 2. The molecule has 0 saturated heterocycles. The van der Waals surface area contributed by atoms with E-state index in [1.54, 1.807) is 6.33 Å². The summed E-state index contributed by atoms with van der Waals surface area (Å²) in [5.41, 5.74) is 2.31. The molecule has 0 bridgehead atoms. The summed E-state index contributed by atoms with van der Waals surface area (Å²) in [6, 6.07) is 8.27. The maximum Gasteiger partial charge on any atom is 0.254 e. The lowest BCUT2D eigenvalue weighted by Crippen LogP contribution is -2.40. The molecule has 16 heavy (non-hydrogen) atoms. The monoisotopic (exact) mass is 211 g/mol. The second-order valence-corrected chi connectivity index (χ2v) is 3.80. The summed E-state index contributed by atoms with van der Waals surface area (Å²) in [6.07, 6.45) is 5.88. The molecule has 0 aliphatic carbocycles. The average Bonchev–Trinajstić information content (AvgIpc) is 2.98. The Labute approximate surface area is 92.2 Å². The minimum absolute atomic E-state index is 0.840. The molecule has 0 spiro atoms. The lowest BCUT2D eigenvalue weighted by molar-refractivity contribution is 0.820. The second kappa shape index (κ2) is 2.63. The summed E-state index contributed by atoms with van der Waals surface area (Å²) in [4.78, 5) is 0. The molecule has 78 valence electrons. The molecule has 1 aromatic carbocycles. The zero-order chi connectivity index (χ0) is 10.5. The Morgan fingerprint density at radius 3 is 2.94 bits per heavy atom. The van der Waals surface area contributed by atoms with E-state index >= 15 is 0 Å². The Balaban J connectivity index is 2.06. The summed E-state index contributed by atoms with van der Waals surface area (Å²) in [6.45, 7) is 0.879. The van der Waals surface area contributed by atoms with Crippen molar-refractivity contribution in [2.75, 3.05) is 16.6 Å². The predicted octanol–water partition coefficient (Wildman–Crippen LogP) is 1.34. The Bertz CT molecular complexity index is 586. The minimum Gasteiger partial charge on any atom is -0.273 e. The van der Waals surface area contributed by atoms with Crippen LogP contribution in [0.4, 0.5) is 11.6 Å². The quantitative estimate of drug-likeness (QED) is 0.659. The van der Waals surface area contributed by atoms with Crippen LogP contribution < -0.4 is 10.0 Å². The van der Waals surface area contributed by atoms with Crippen LogP contribution in [-0.2, 0) is 0 Å². The first-order valence-electron chi connectivity index (χ1n) is 5.18. The summed E-state index contributed by atoms with van der Waals surface area (Å²) in [7, 11) is 0. The van der Waals surface area contributed by atoms with Crippen molar-refractivity contribution in [2.45, 2.75) is 0 Å². The fourth-order valence-electron chi connectivity index (χ4n) is 2.25. The van der Waals surface area contributed by atoms with Crippen molar-refractivity contribution in [1.29, 1.82) is 0 Å². The van der Waals surface area contributed by atoms with Gasteiger partial charge in [0.1, 0.15) is 6.33 Å². The highest BCUT2D eigenvalue weighted by atomic mass is 15.7. The molecule has 0 amide bonds. The van der Waals surface area contributed by atoms with Gasteiger partial charge in [-0.3, -0.25) is 9.58 Å². The van der Waals surface area contributed by atoms with Crippen LogP contribution in [0.1, 0.15) is 0 Å². The van der Waals surface area contributed by atoms with Gasteiger partial charge in [-0.05, 0) is 18.2 Å². The van der Waals surface area contributed by atoms with Crippen LogP contribution in [0.2, 0.25) is 0 Å². The fourth-order valence-corrected chi connectivity index (χ4v) is 2.25. The normalized spacial score (nSPS) is 16.0. The lowest BCUT2D eigenvalue weighted by Gasteiger charge is -2.35. The van der Waals surface area contributed by atoms with Crippen molar-refractivity contribution < 1.29 is 0 Å². The van der Waals surface area contributed by atoms with E-state index in [2.05, 4.69) is 33.4 Å². The SMILES string of the molecule is C1=CN2c3nncn3-c3ccccc3N2C1. The Morgan fingerprint density at radius 1 is 1.12 bits per heavy atom. The standard InChI is InChI=1S/C11H9N5/c1-2-5-10-9(4-1)14-8-12-13-11(14)16-7-3-6-15(10)16/h1-5,7-8H,6H2. The van der Waals surface area contributed by atoms with Gasteiger partial charge in [0.05, 0.1) is 17.9 Å². The van der Waals surface area contributed by atoms with Crippen LogP contribution in [0.25, 0.3) is 5.69 Å². The molecule has 5 heteroatoms. The third kappa shape index (κ3) is 0.809. The molecule has 0 unspecified atom stereocenters. The smallest absolute Gasteiger partial charge is 0.254 e. The number of fused-ring (bicyclic) bond motifs is 6. The summed E-state index contributed by atoms with van der Waals surface area (Å²) in [5, 5.41) is 12.3. The second-order valence-electron chi connectivity index (χ2n) is 3.80. The Morgan fingerprint density at radius 2 is 2.00 bits per heavy atom. The third-order valence-electron chi connectivity index (χ3n) is 2.94. The van der Waals surface area contributed by atoms with Crippen molar-refractivity contribution in [2.24, 2.45) is 0 Å². The average molecular weight is 211 g/mol. The Hall–Kier alpha value is -2.30. The fraction of sp³-hybridized carbons (Fsp3) is 0.0909. The van der Waals surface area contributed by atoms with Gasteiger partial charge >= 0.3 is 0 Å². The van der Waals surface area contributed by atoms with Crippen LogP contribution in [0.3, 0.4) is 0 Å². The first kappa shape index (κ1) is 7.92. The highest BCUT2D eigenvalue weighted by Crippen LogP contribution is 2.36. The predicted molar refractivity (Wildman–Crippen MR) is 60.3 cm³/mol. The number of anilines is 2. The highest BCUT2D eigenvalue weighted by molar-refractivity contribution is 5.73. The zero-order valence-electron chi connectivity index (χ0n) is 8.48. The van der Waals surface area contributed by atoms with E-state index in [0.29, 0.717) is 0 Å². The lowest BCUT2D eigenvalue weighted by atomic mass is 10.2. The highest BCUT2D eigenvalue weighted by Gasteiger charge is 2.30. The van der Waals surface area contributed by atoms with Crippen molar-refractivity contribution in [3.63, 3.8) is 0 Å². The molecular weight excluding hydrogens is 202 g/mol. The summed E-state index contributed by atoms with van der Waals surface area (Å²) < 4.78 is 2.00. The number of aromatic nitrogens is 3. The van der Waals surface area contributed by atoms with E-state index in [4.69, 9.17) is 0 Å². The summed E-state index contributed by atoms with van der Waals surface area (Å²) >= 11 is 0. The molecule has 2 aliphatic heterocycles. The van der Waals surface area contributed by atoms with E-state index in [0.717, 1.165) is 18.2 Å². The van der Waals surface area contributed by atoms with E-state index < -0.39 is 0 Å². The number of hydrogen-bond acceptors (Lipinski definition) is 4. The largest absolute Gasteiger partial charge is 0.273 e. The third-order valence-corrected chi connectivity index (χ3v) is 2.94. The van der Waals surface area contributed by atoms with Crippen LogP contribution in [-0.4, -0.2) is 21.3 Å². The van der Waals surface area contributed by atoms with Crippen molar-refractivity contribution >= 4 is 11.6 Å². The maximum atomic E-state index is 4.14. The number of hydrogen-bond donors (Lipinski definition) is 0. The van der Waals surface area contributed by atoms with Crippen LogP contribution >= 0.6 is 0 Å². The van der Waals surface area contributed by atoms with Crippen LogP contribution in [0.15, 0.2) is 42.9 Å². The van der Waals surface area contributed by atoms with Gasteiger partial charge in [0.2, 0.25) is 0 Å². The van der Waals surface area contributed by atoms with Gasteiger partial charge in [0, 0.05) is 6.20 Å². The van der Waals surface area contributed by atoms with Gasteiger partial charge in [0.15, 0.2) is 0 Å². The minimum atomic E-state index is 0.840. The van der Waals surface area contributed by atoms with Gasteiger partial charge in [0.25, 0.3) is 5.95 Å². The van der Waals surface area contributed by atoms with Crippen LogP contribution in [0.5, 0.6) is 0 Å². The number of nitrogens with zero attached hydrogens (tertiary/aromatic N) is 5. The van der Waals surface area contributed by atoms with Crippen molar-refractivity contribution in [3.8, 4) is 5.69 Å². The van der Waals surface area contributed by atoms with Gasteiger partial charge in [-0.15, -0.1) is 10.2 Å². The molecule has 0 radical (unpaired) electrons. The molecular formula is C11H9N5. The molecule has 4 rings (SSSR count). The topological polar surface area (TPSA) is 37.2 Å². The number of rotatable bonds is 0. The molecule has 0 fully saturated rings. The van der Waals surface area contributed by atoms with Gasteiger partial charge < -0.3 is 0 Å².